The predicted octanol–water partition coefficient (Wildman–Crippen LogP) is 1.34. The van der Waals surface area contributed by atoms with Gasteiger partial charge in [-0.05, 0) is 18.2 Å². The van der Waals surface area contributed by atoms with Gasteiger partial charge in [-0.1, -0.05) is 17.7 Å². The average Bonchev–Trinajstić information content (AvgIpc) is 2.99. The van der Waals surface area contributed by atoms with Crippen LogP contribution in [0.5, 0.6) is 0 Å². The highest BCUT2D eigenvalue weighted by atomic mass is 35.5. The molecule has 0 fully saturated rings. The SMILES string of the molecule is O=C(CCNS(=O)(=O)c1cccc(Cl)c1)N1Cc2cncnc2C1. The number of amides is 1. The third kappa shape index (κ3) is 3.72. The number of sulfonamides is 1. The highest BCUT2D eigenvalue weighted by Gasteiger charge is 2.24. The van der Waals surface area contributed by atoms with Gasteiger partial charge in [-0.2, -0.15) is 0 Å². The molecular weight excluding hydrogens is 352 g/mol. The van der Waals surface area contributed by atoms with Crippen LogP contribution in [-0.4, -0.2) is 35.7 Å². The van der Waals surface area contributed by atoms with Gasteiger partial charge >= 0.3 is 0 Å². The number of aromatic nitrogens is 2. The minimum atomic E-state index is -3.68. The third-order valence-electron chi connectivity index (χ3n) is 3.67. The summed E-state index contributed by atoms with van der Waals surface area (Å²) in [7, 11) is -3.68. The Kier molecular flexibility index (Phi) is 4.79. The summed E-state index contributed by atoms with van der Waals surface area (Å²) in [5.74, 6) is -0.137. The van der Waals surface area contributed by atoms with Crippen LogP contribution in [0.25, 0.3) is 0 Å². The Morgan fingerprint density at radius 2 is 2.17 bits per heavy atom. The highest BCUT2D eigenvalue weighted by molar-refractivity contribution is 7.89. The standard InChI is InChI=1S/C15H15ClN4O3S/c16-12-2-1-3-13(6-12)24(22,23)19-5-4-15(21)20-8-11-7-17-10-18-14(11)9-20/h1-3,6-7,10,19H,4-5,8-9H2. The van der Waals surface area contributed by atoms with Gasteiger partial charge in [0.15, 0.2) is 0 Å². The number of halogens is 1. The van der Waals surface area contributed by atoms with Crippen molar-refractivity contribution >= 4 is 27.5 Å². The van der Waals surface area contributed by atoms with E-state index in [-0.39, 0.29) is 23.8 Å². The Labute approximate surface area is 144 Å². The Morgan fingerprint density at radius 1 is 1.33 bits per heavy atom. The van der Waals surface area contributed by atoms with Crippen LogP contribution in [0.2, 0.25) is 5.02 Å². The fourth-order valence-corrected chi connectivity index (χ4v) is 3.78. The number of hydrogen-bond donors (Lipinski definition) is 1. The number of carbonyl (C=O) groups excluding carboxylic acids is 1. The van der Waals surface area contributed by atoms with E-state index in [1.54, 1.807) is 23.2 Å². The molecule has 0 atom stereocenters. The van der Waals surface area contributed by atoms with Gasteiger partial charge in [0.2, 0.25) is 15.9 Å². The van der Waals surface area contributed by atoms with Gasteiger partial charge in [-0.15, -0.1) is 0 Å². The fourth-order valence-electron chi connectivity index (χ4n) is 2.44. The van der Waals surface area contributed by atoms with E-state index in [0.29, 0.717) is 18.1 Å². The van der Waals surface area contributed by atoms with Gasteiger partial charge in [0.1, 0.15) is 6.33 Å². The topological polar surface area (TPSA) is 92.3 Å². The molecule has 1 N–H and O–H groups in total. The fraction of sp³-hybridized carbons (Fsp3) is 0.267. The number of carbonyl (C=O) groups is 1. The van der Waals surface area contributed by atoms with E-state index in [9.17, 15) is 13.2 Å². The Balaban J connectivity index is 1.54. The molecule has 2 aromatic rings. The lowest BCUT2D eigenvalue weighted by molar-refractivity contribution is -0.131. The molecule has 7 nitrogen and oxygen atoms in total. The van der Waals surface area contributed by atoms with E-state index >= 15 is 0 Å². The number of nitrogens with zero attached hydrogens (tertiary/aromatic N) is 3. The first kappa shape index (κ1) is 16.8. The molecule has 1 aromatic heterocycles. The highest BCUT2D eigenvalue weighted by Crippen LogP contribution is 2.20. The maximum Gasteiger partial charge on any atom is 0.240 e. The van der Waals surface area contributed by atoms with Crippen LogP contribution in [0.15, 0.2) is 41.7 Å². The predicted molar refractivity (Wildman–Crippen MR) is 87.5 cm³/mol. The van der Waals surface area contributed by atoms with E-state index in [0.717, 1.165) is 11.3 Å². The number of rotatable bonds is 5. The molecule has 0 bridgehead atoms. The molecular formula is C15H15ClN4O3S. The van der Waals surface area contributed by atoms with Gasteiger partial charge in [0.05, 0.1) is 17.1 Å². The summed E-state index contributed by atoms with van der Waals surface area (Å²) >= 11 is 5.80. The molecule has 0 unspecified atom stereocenters. The molecule has 0 saturated carbocycles. The van der Waals surface area contributed by atoms with E-state index < -0.39 is 10.0 Å². The van der Waals surface area contributed by atoms with E-state index in [1.165, 1.54) is 18.5 Å². The van der Waals surface area contributed by atoms with Crippen molar-refractivity contribution in [3.8, 4) is 0 Å². The monoisotopic (exact) mass is 366 g/mol. The normalized spacial score (nSPS) is 13.8. The summed E-state index contributed by atoms with van der Waals surface area (Å²) in [6.45, 7) is 0.903. The second-order valence-electron chi connectivity index (χ2n) is 5.35. The number of hydrogen-bond acceptors (Lipinski definition) is 5. The van der Waals surface area contributed by atoms with Crippen LogP contribution in [0.3, 0.4) is 0 Å². The van der Waals surface area contributed by atoms with Gasteiger partial charge in [0.25, 0.3) is 0 Å². The maximum absolute atomic E-state index is 12.2. The second kappa shape index (κ2) is 6.84. The van der Waals surface area contributed by atoms with Gasteiger partial charge < -0.3 is 4.90 Å². The van der Waals surface area contributed by atoms with Crippen LogP contribution >= 0.6 is 11.6 Å². The van der Waals surface area contributed by atoms with Crippen LogP contribution < -0.4 is 4.72 Å². The first-order valence-corrected chi connectivity index (χ1v) is 9.12. The summed E-state index contributed by atoms with van der Waals surface area (Å²) in [5, 5.41) is 0.338. The molecule has 126 valence electrons. The summed E-state index contributed by atoms with van der Waals surface area (Å²) in [6, 6.07) is 5.97. The van der Waals surface area contributed by atoms with Gasteiger partial charge in [-0.25, -0.2) is 23.1 Å². The molecule has 0 saturated heterocycles. The van der Waals surface area contributed by atoms with Crippen molar-refractivity contribution in [1.82, 2.24) is 19.6 Å². The van der Waals surface area contributed by atoms with Crippen LogP contribution in [0, 0.1) is 0 Å². The largest absolute Gasteiger partial charge is 0.332 e. The molecule has 0 aliphatic carbocycles. The zero-order chi connectivity index (χ0) is 17.2. The molecule has 0 spiro atoms. The zero-order valence-electron chi connectivity index (χ0n) is 12.6. The molecule has 1 aliphatic heterocycles. The van der Waals surface area contributed by atoms with Crippen molar-refractivity contribution in [3.63, 3.8) is 0 Å². The van der Waals surface area contributed by atoms with Crippen LogP contribution in [0.1, 0.15) is 17.7 Å². The zero-order valence-corrected chi connectivity index (χ0v) is 14.2. The third-order valence-corrected chi connectivity index (χ3v) is 5.37. The maximum atomic E-state index is 12.2. The van der Waals surface area contributed by atoms with E-state index in [4.69, 9.17) is 11.6 Å². The number of nitrogens with one attached hydrogen (secondary N) is 1. The quantitative estimate of drug-likeness (QED) is 0.862. The summed E-state index contributed by atoms with van der Waals surface area (Å²) < 4.78 is 26.7. The van der Waals surface area contributed by atoms with E-state index in [2.05, 4.69) is 14.7 Å². The molecule has 1 aliphatic rings. The lowest BCUT2D eigenvalue weighted by Crippen LogP contribution is -2.31. The first-order valence-electron chi connectivity index (χ1n) is 7.26. The molecule has 0 radical (unpaired) electrons. The summed E-state index contributed by atoms with van der Waals surface area (Å²) in [5.41, 5.74) is 1.75. The molecule has 3 rings (SSSR count). The molecule has 2 heterocycles. The molecule has 9 heteroatoms. The minimum Gasteiger partial charge on any atom is -0.332 e. The molecule has 24 heavy (non-hydrogen) atoms. The number of benzene rings is 1. The lowest BCUT2D eigenvalue weighted by Gasteiger charge is -2.15. The van der Waals surface area contributed by atoms with Gasteiger partial charge in [-0.3, -0.25) is 4.79 Å². The van der Waals surface area contributed by atoms with Crippen molar-refractivity contribution < 1.29 is 13.2 Å². The molecule has 1 amide bonds. The van der Waals surface area contributed by atoms with Crippen LogP contribution in [-0.2, 0) is 27.9 Å². The average molecular weight is 367 g/mol. The van der Waals surface area contributed by atoms with Crippen LogP contribution in [0.4, 0.5) is 0 Å². The smallest absolute Gasteiger partial charge is 0.240 e. The summed E-state index contributed by atoms with van der Waals surface area (Å²) in [4.78, 5) is 22.0. The lowest BCUT2D eigenvalue weighted by atomic mass is 10.3. The van der Waals surface area contributed by atoms with Crippen molar-refractivity contribution in [2.45, 2.75) is 24.4 Å². The summed E-state index contributed by atoms with van der Waals surface area (Å²) in [6.07, 6.45) is 3.21. The van der Waals surface area contributed by atoms with Gasteiger partial charge in [0, 0.05) is 36.3 Å². The van der Waals surface area contributed by atoms with Crippen molar-refractivity contribution in [2.75, 3.05) is 6.54 Å². The van der Waals surface area contributed by atoms with Crippen molar-refractivity contribution in [1.29, 1.82) is 0 Å². The first-order chi connectivity index (χ1) is 11.5. The minimum absolute atomic E-state index is 0.0200. The number of fused-ring (bicyclic) bond motifs is 1. The van der Waals surface area contributed by atoms with Crippen molar-refractivity contribution in [3.05, 3.63) is 53.1 Å². The Morgan fingerprint density at radius 3 is 2.92 bits per heavy atom. The van der Waals surface area contributed by atoms with Crippen molar-refractivity contribution in [2.24, 2.45) is 0 Å². The van der Waals surface area contributed by atoms with E-state index in [1.807, 2.05) is 0 Å². The Bertz CT molecular complexity index is 848. The second-order valence-corrected chi connectivity index (χ2v) is 7.55. The Hall–Kier alpha value is -2.03. The molecule has 1 aromatic carbocycles.